The number of hydrogen-bond donors (Lipinski definition) is 1. The van der Waals surface area contributed by atoms with Crippen LogP contribution in [0.25, 0.3) is 5.52 Å². The van der Waals surface area contributed by atoms with Crippen molar-refractivity contribution in [3.8, 4) is 0 Å². The SMILES string of the molecule is CC(C)c1cc2c(NC(C)c3ccccc3)nccn2n1. The van der Waals surface area contributed by atoms with Crippen LogP contribution in [-0.4, -0.2) is 14.6 Å². The average Bonchev–Trinajstić information content (AvgIpc) is 2.93. The first kappa shape index (κ1) is 13.6. The van der Waals surface area contributed by atoms with E-state index in [0.717, 1.165) is 17.0 Å². The van der Waals surface area contributed by atoms with Crippen LogP contribution >= 0.6 is 0 Å². The molecule has 4 nitrogen and oxygen atoms in total. The topological polar surface area (TPSA) is 42.2 Å². The fourth-order valence-electron chi connectivity index (χ4n) is 2.36. The van der Waals surface area contributed by atoms with Gasteiger partial charge in [0.05, 0.1) is 11.7 Å². The lowest BCUT2D eigenvalue weighted by atomic mass is 10.1. The van der Waals surface area contributed by atoms with Crippen LogP contribution in [0.4, 0.5) is 5.82 Å². The Morgan fingerprint density at radius 2 is 1.86 bits per heavy atom. The molecule has 2 aromatic heterocycles. The quantitative estimate of drug-likeness (QED) is 0.784. The Morgan fingerprint density at radius 1 is 1.10 bits per heavy atom. The highest BCUT2D eigenvalue weighted by molar-refractivity contribution is 5.68. The zero-order valence-corrected chi connectivity index (χ0v) is 12.6. The van der Waals surface area contributed by atoms with Crippen molar-refractivity contribution >= 4 is 11.3 Å². The lowest BCUT2D eigenvalue weighted by Crippen LogP contribution is -2.08. The second kappa shape index (κ2) is 5.56. The van der Waals surface area contributed by atoms with Crippen LogP contribution in [-0.2, 0) is 0 Å². The smallest absolute Gasteiger partial charge is 0.152 e. The monoisotopic (exact) mass is 280 g/mol. The van der Waals surface area contributed by atoms with Crippen molar-refractivity contribution in [1.29, 1.82) is 0 Å². The summed E-state index contributed by atoms with van der Waals surface area (Å²) in [5, 5.41) is 8.07. The highest BCUT2D eigenvalue weighted by atomic mass is 15.2. The zero-order chi connectivity index (χ0) is 14.8. The Balaban J connectivity index is 1.93. The molecule has 0 aliphatic heterocycles. The summed E-state index contributed by atoms with van der Waals surface area (Å²) in [6, 6.07) is 12.7. The molecule has 0 saturated heterocycles. The van der Waals surface area contributed by atoms with Gasteiger partial charge in [-0.3, -0.25) is 0 Å². The normalized spacial score (nSPS) is 12.8. The number of aromatic nitrogens is 3. The van der Waals surface area contributed by atoms with Crippen LogP contribution in [0.15, 0.2) is 48.8 Å². The maximum absolute atomic E-state index is 4.59. The van der Waals surface area contributed by atoms with E-state index in [1.807, 2.05) is 16.8 Å². The summed E-state index contributed by atoms with van der Waals surface area (Å²) in [6.45, 7) is 6.43. The van der Waals surface area contributed by atoms with Gasteiger partial charge in [-0.1, -0.05) is 44.2 Å². The summed E-state index contributed by atoms with van der Waals surface area (Å²) in [6.07, 6.45) is 3.67. The van der Waals surface area contributed by atoms with Crippen LogP contribution in [0.5, 0.6) is 0 Å². The van der Waals surface area contributed by atoms with E-state index < -0.39 is 0 Å². The number of hydrogen-bond acceptors (Lipinski definition) is 3. The molecule has 0 radical (unpaired) electrons. The first-order valence-corrected chi connectivity index (χ1v) is 7.31. The Labute approximate surface area is 124 Å². The lowest BCUT2D eigenvalue weighted by Gasteiger charge is -2.15. The Kier molecular flexibility index (Phi) is 3.60. The molecule has 0 saturated carbocycles. The van der Waals surface area contributed by atoms with Crippen molar-refractivity contribution in [2.45, 2.75) is 32.7 Å². The molecule has 1 N–H and O–H groups in total. The molecule has 0 aliphatic rings. The summed E-state index contributed by atoms with van der Waals surface area (Å²) >= 11 is 0. The minimum atomic E-state index is 0.197. The second-order valence-corrected chi connectivity index (χ2v) is 5.61. The van der Waals surface area contributed by atoms with E-state index in [2.05, 4.69) is 66.5 Å². The summed E-state index contributed by atoms with van der Waals surface area (Å²) in [5.74, 6) is 1.28. The van der Waals surface area contributed by atoms with E-state index in [-0.39, 0.29) is 6.04 Å². The van der Waals surface area contributed by atoms with Crippen LogP contribution in [0.1, 0.15) is 44.0 Å². The molecular formula is C17H20N4. The highest BCUT2D eigenvalue weighted by Crippen LogP contribution is 2.23. The second-order valence-electron chi connectivity index (χ2n) is 5.61. The summed E-state index contributed by atoms with van der Waals surface area (Å²) < 4.78 is 1.89. The van der Waals surface area contributed by atoms with E-state index in [0.29, 0.717) is 5.92 Å². The van der Waals surface area contributed by atoms with Crippen molar-refractivity contribution in [2.24, 2.45) is 0 Å². The van der Waals surface area contributed by atoms with Crippen LogP contribution in [0, 0.1) is 0 Å². The number of nitrogens with zero attached hydrogens (tertiary/aromatic N) is 3. The molecule has 108 valence electrons. The first-order valence-electron chi connectivity index (χ1n) is 7.31. The Bertz CT molecular complexity index is 731. The third-order valence-corrected chi connectivity index (χ3v) is 3.65. The van der Waals surface area contributed by atoms with E-state index in [1.165, 1.54) is 5.56 Å². The van der Waals surface area contributed by atoms with Crippen molar-refractivity contribution < 1.29 is 0 Å². The molecule has 3 aromatic rings. The maximum atomic E-state index is 4.59. The standard InChI is InChI=1S/C17H20N4/c1-12(2)15-11-16-17(18-9-10-21(16)20-15)19-13(3)14-7-5-4-6-8-14/h4-13H,1-3H3,(H,18,19). The van der Waals surface area contributed by atoms with Gasteiger partial charge in [0.15, 0.2) is 5.82 Å². The number of rotatable bonds is 4. The minimum Gasteiger partial charge on any atom is -0.362 e. The van der Waals surface area contributed by atoms with Gasteiger partial charge in [-0.2, -0.15) is 5.10 Å². The van der Waals surface area contributed by atoms with E-state index >= 15 is 0 Å². The predicted octanol–water partition coefficient (Wildman–Crippen LogP) is 4.03. The predicted molar refractivity (Wildman–Crippen MR) is 85.6 cm³/mol. The third kappa shape index (κ3) is 2.75. The van der Waals surface area contributed by atoms with Crippen molar-refractivity contribution in [1.82, 2.24) is 14.6 Å². The van der Waals surface area contributed by atoms with E-state index in [4.69, 9.17) is 0 Å². The van der Waals surface area contributed by atoms with Gasteiger partial charge in [0, 0.05) is 12.4 Å². The maximum Gasteiger partial charge on any atom is 0.152 e. The molecule has 1 unspecified atom stereocenters. The summed E-state index contributed by atoms with van der Waals surface area (Å²) in [7, 11) is 0. The molecule has 3 rings (SSSR count). The van der Waals surface area contributed by atoms with Gasteiger partial charge in [0.2, 0.25) is 0 Å². The number of fused-ring (bicyclic) bond motifs is 1. The van der Waals surface area contributed by atoms with Crippen molar-refractivity contribution in [3.05, 3.63) is 60.0 Å². The van der Waals surface area contributed by atoms with E-state index in [1.54, 1.807) is 6.20 Å². The lowest BCUT2D eigenvalue weighted by molar-refractivity contribution is 0.786. The molecule has 1 atom stereocenters. The van der Waals surface area contributed by atoms with Crippen molar-refractivity contribution in [2.75, 3.05) is 5.32 Å². The number of benzene rings is 1. The third-order valence-electron chi connectivity index (χ3n) is 3.65. The molecule has 0 aliphatic carbocycles. The van der Waals surface area contributed by atoms with Gasteiger partial charge in [0.25, 0.3) is 0 Å². The number of anilines is 1. The molecule has 0 spiro atoms. The van der Waals surface area contributed by atoms with Gasteiger partial charge in [-0.25, -0.2) is 9.50 Å². The van der Waals surface area contributed by atoms with Gasteiger partial charge in [0.1, 0.15) is 5.52 Å². The molecule has 0 amide bonds. The largest absolute Gasteiger partial charge is 0.362 e. The van der Waals surface area contributed by atoms with E-state index in [9.17, 15) is 0 Å². The zero-order valence-electron chi connectivity index (χ0n) is 12.6. The minimum absolute atomic E-state index is 0.197. The average molecular weight is 280 g/mol. The Morgan fingerprint density at radius 3 is 2.57 bits per heavy atom. The molecular weight excluding hydrogens is 260 g/mol. The van der Waals surface area contributed by atoms with Gasteiger partial charge in [-0.15, -0.1) is 0 Å². The molecule has 1 aromatic carbocycles. The molecule has 2 heterocycles. The van der Waals surface area contributed by atoms with Gasteiger partial charge >= 0.3 is 0 Å². The van der Waals surface area contributed by atoms with Crippen LogP contribution < -0.4 is 5.32 Å². The highest BCUT2D eigenvalue weighted by Gasteiger charge is 2.12. The van der Waals surface area contributed by atoms with Gasteiger partial charge in [-0.05, 0) is 24.5 Å². The first-order chi connectivity index (χ1) is 10.1. The van der Waals surface area contributed by atoms with Gasteiger partial charge < -0.3 is 5.32 Å². The van der Waals surface area contributed by atoms with Crippen LogP contribution in [0.3, 0.4) is 0 Å². The fourth-order valence-corrected chi connectivity index (χ4v) is 2.36. The molecule has 21 heavy (non-hydrogen) atoms. The molecule has 0 bridgehead atoms. The molecule has 0 fully saturated rings. The Hall–Kier alpha value is -2.36. The summed E-state index contributed by atoms with van der Waals surface area (Å²) in [5.41, 5.74) is 3.34. The summed E-state index contributed by atoms with van der Waals surface area (Å²) in [4.78, 5) is 4.47. The van der Waals surface area contributed by atoms with Crippen LogP contribution in [0.2, 0.25) is 0 Å². The van der Waals surface area contributed by atoms with Crippen molar-refractivity contribution in [3.63, 3.8) is 0 Å². The molecule has 4 heteroatoms. The number of nitrogens with one attached hydrogen (secondary N) is 1. The fraction of sp³-hybridized carbons (Fsp3) is 0.294.